The molecule has 7 heteroatoms. The number of fused-ring (bicyclic) bond motifs is 1. The molecule has 3 aromatic rings. The number of hydrogen-bond acceptors (Lipinski definition) is 6. The fraction of sp³-hybridized carbons (Fsp3) is 0.118. The number of carbonyl (C=O) groups is 1. The van der Waals surface area contributed by atoms with Gasteiger partial charge in [0.05, 0.1) is 6.42 Å². The largest absolute Gasteiger partial charge is 0.454 e. The quantitative estimate of drug-likeness (QED) is 0.794. The molecule has 1 aliphatic rings. The number of rotatable bonds is 4. The van der Waals surface area contributed by atoms with Crippen molar-refractivity contribution in [2.45, 2.75) is 6.42 Å². The Morgan fingerprint density at radius 2 is 1.88 bits per heavy atom. The van der Waals surface area contributed by atoms with Crippen molar-refractivity contribution in [1.82, 2.24) is 10.2 Å². The second-order valence-corrected chi connectivity index (χ2v) is 5.19. The number of ether oxygens (including phenoxy) is 2. The summed E-state index contributed by atoms with van der Waals surface area (Å²) in [5, 5.41) is 10.4. The van der Waals surface area contributed by atoms with Crippen LogP contribution < -0.4 is 14.8 Å². The van der Waals surface area contributed by atoms with Crippen molar-refractivity contribution in [2.24, 2.45) is 0 Å². The van der Waals surface area contributed by atoms with E-state index in [4.69, 9.17) is 13.9 Å². The number of benzene rings is 2. The molecular formula is C17H13N3O4. The summed E-state index contributed by atoms with van der Waals surface area (Å²) in [6.07, 6.45) is 0.508. The number of amides is 1. The third-order valence-electron chi connectivity index (χ3n) is 3.52. The van der Waals surface area contributed by atoms with Crippen molar-refractivity contribution in [3.05, 3.63) is 65.5 Å². The average molecular weight is 323 g/mol. The van der Waals surface area contributed by atoms with Crippen LogP contribution >= 0.6 is 0 Å². The minimum Gasteiger partial charge on any atom is -0.454 e. The van der Waals surface area contributed by atoms with Gasteiger partial charge in [-0.05, 0) is 23.8 Å². The summed E-state index contributed by atoms with van der Waals surface area (Å²) in [5.41, 5.74) is 1.47. The van der Waals surface area contributed by atoms with E-state index >= 15 is 0 Å². The first-order chi connectivity index (χ1) is 11.8. The fourth-order valence-corrected chi connectivity index (χ4v) is 2.35. The fourth-order valence-electron chi connectivity index (χ4n) is 2.35. The van der Waals surface area contributed by atoms with Crippen molar-refractivity contribution < 1.29 is 18.7 Å². The van der Waals surface area contributed by atoms with Gasteiger partial charge in [0.2, 0.25) is 12.7 Å². The molecule has 7 nitrogen and oxygen atoms in total. The van der Waals surface area contributed by atoms with Gasteiger partial charge in [0.15, 0.2) is 11.5 Å². The van der Waals surface area contributed by atoms with Gasteiger partial charge in [-0.1, -0.05) is 35.4 Å². The van der Waals surface area contributed by atoms with Gasteiger partial charge in [-0.3, -0.25) is 10.1 Å². The number of hydrogen-bond donors (Lipinski definition) is 1. The Labute approximate surface area is 137 Å². The third kappa shape index (κ3) is 2.91. The zero-order chi connectivity index (χ0) is 16.4. The summed E-state index contributed by atoms with van der Waals surface area (Å²) < 4.78 is 15.9. The first kappa shape index (κ1) is 14.3. The van der Waals surface area contributed by atoms with Crippen molar-refractivity contribution >= 4 is 11.9 Å². The Hall–Kier alpha value is -3.35. The van der Waals surface area contributed by atoms with E-state index in [1.807, 2.05) is 30.3 Å². The van der Waals surface area contributed by atoms with Crippen molar-refractivity contribution in [3.63, 3.8) is 0 Å². The average Bonchev–Trinajstić information content (AvgIpc) is 3.24. The molecule has 0 unspecified atom stereocenters. The lowest BCUT2D eigenvalue weighted by Crippen LogP contribution is -2.12. The van der Waals surface area contributed by atoms with Crippen LogP contribution in [-0.4, -0.2) is 22.9 Å². The van der Waals surface area contributed by atoms with Crippen LogP contribution in [0.2, 0.25) is 0 Å². The normalized spacial score (nSPS) is 12.2. The summed E-state index contributed by atoms with van der Waals surface area (Å²) in [6, 6.07) is 14.7. The second kappa shape index (κ2) is 6.04. The minimum atomic E-state index is -0.358. The standard InChI is InChI=1S/C17H13N3O4/c21-16(12-6-7-13-14(9-12)23-10-22-13)18-17-20-19-15(24-17)8-11-4-2-1-3-5-11/h1-7,9H,8,10H2,(H,18,20,21). The Kier molecular flexibility index (Phi) is 3.59. The summed E-state index contributed by atoms with van der Waals surface area (Å²) >= 11 is 0. The molecule has 2 aromatic carbocycles. The summed E-state index contributed by atoms with van der Waals surface area (Å²) in [5.74, 6) is 1.23. The van der Waals surface area contributed by atoms with Crippen LogP contribution in [0.4, 0.5) is 6.01 Å². The molecular weight excluding hydrogens is 310 g/mol. The molecule has 120 valence electrons. The molecule has 1 aliphatic heterocycles. The highest BCUT2D eigenvalue weighted by molar-refractivity contribution is 6.03. The molecule has 4 rings (SSSR count). The highest BCUT2D eigenvalue weighted by Gasteiger charge is 2.17. The van der Waals surface area contributed by atoms with Gasteiger partial charge >= 0.3 is 6.01 Å². The Balaban J connectivity index is 1.45. The SMILES string of the molecule is O=C(Nc1nnc(Cc2ccccc2)o1)c1ccc2c(c1)OCO2. The second-order valence-electron chi connectivity index (χ2n) is 5.19. The molecule has 0 spiro atoms. The molecule has 1 N–H and O–H groups in total. The van der Waals surface area contributed by atoms with Gasteiger partial charge < -0.3 is 13.9 Å². The Morgan fingerprint density at radius 3 is 2.75 bits per heavy atom. The highest BCUT2D eigenvalue weighted by atomic mass is 16.7. The minimum absolute atomic E-state index is 0.0589. The van der Waals surface area contributed by atoms with E-state index < -0.39 is 0 Å². The van der Waals surface area contributed by atoms with Gasteiger partial charge in [0, 0.05) is 5.56 Å². The van der Waals surface area contributed by atoms with E-state index in [0.717, 1.165) is 5.56 Å². The van der Waals surface area contributed by atoms with Gasteiger partial charge in [-0.25, -0.2) is 0 Å². The lowest BCUT2D eigenvalue weighted by Gasteiger charge is -2.02. The molecule has 2 heterocycles. The number of carbonyl (C=O) groups excluding carboxylic acids is 1. The third-order valence-corrected chi connectivity index (χ3v) is 3.52. The van der Waals surface area contributed by atoms with Gasteiger partial charge in [-0.15, -0.1) is 5.10 Å². The summed E-state index contributed by atoms with van der Waals surface area (Å²) in [6.45, 7) is 0.160. The van der Waals surface area contributed by atoms with Gasteiger partial charge in [0.1, 0.15) is 0 Å². The first-order valence-corrected chi connectivity index (χ1v) is 7.35. The number of aromatic nitrogens is 2. The Morgan fingerprint density at radius 1 is 1.04 bits per heavy atom. The number of nitrogens with zero attached hydrogens (tertiary/aromatic N) is 2. The van der Waals surface area contributed by atoms with E-state index in [1.54, 1.807) is 18.2 Å². The highest BCUT2D eigenvalue weighted by Crippen LogP contribution is 2.32. The maximum atomic E-state index is 12.2. The predicted octanol–water partition coefficient (Wildman–Crippen LogP) is 2.64. The molecule has 0 fully saturated rings. The number of anilines is 1. The van der Waals surface area contributed by atoms with Crippen LogP contribution in [0.25, 0.3) is 0 Å². The van der Waals surface area contributed by atoms with Crippen molar-refractivity contribution in [2.75, 3.05) is 12.1 Å². The summed E-state index contributed by atoms with van der Waals surface area (Å²) in [7, 11) is 0. The van der Waals surface area contributed by atoms with E-state index in [1.165, 1.54) is 0 Å². The molecule has 0 radical (unpaired) electrons. The zero-order valence-electron chi connectivity index (χ0n) is 12.6. The van der Waals surface area contributed by atoms with E-state index in [0.29, 0.717) is 29.4 Å². The molecule has 0 saturated heterocycles. The molecule has 1 aromatic heterocycles. The van der Waals surface area contributed by atoms with Crippen LogP contribution in [0.3, 0.4) is 0 Å². The van der Waals surface area contributed by atoms with Crippen molar-refractivity contribution in [1.29, 1.82) is 0 Å². The predicted molar refractivity (Wildman–Crippen MR) is 84.1 cm³/mol. The van der Waals surface area contributed by atoms with Crippen LogP contribution in [0, 0.1) is 0 Å². The van der Waals surface area contributed by atoms with Crippen LogP contribution in [0.1, 0.15) is 21.8 Å². The molecule has 0 aliphatic carbocycles. The lowest BCUT2D eigenvalue weighted by atomic mass is 10.2. The maximum absolute atomic E-state index is 12.2. The van der Waals surface area contributed by atoms with Crippen LogP contribution in [0.5, 0.6) is 11.5 Å². The van der Waals surface area contributed by atoms with Crippen LogP contribution in [0.15, 0.2) is 52.9 Å². The van der Waals surface area contributed by atoms with E-state index in [-0.39, 0.29) is 18.7 Å². The smallest absolute Gasteiger partial charge is 0.322 e. The topological polar surface area (TPSA) is 86.5 Å². The molecule has 0 atom stereocenters. The van der Waals surface area contributed by atoms with Crippen LogP contribution in [-0.2, 0) is 6.42 Å². The lowest BCUT2D eigenvalue weighted by molar-refractivity contribution is 0.102. The maximum Gasteiger partial charge on any atom is 0.322 e. The molecule has 0 bridgehead atoms. The van der Waals surface area contributed by atoms with E-state index in [2.05, 4.69) is 15.5 Å². The monoisotopic (exact) mass is 323 g/mol. The molecule has 1 amide bonds. The molecule has 24 heavy (non-hydrogen) atoms. The van der Waals surface area contributed by atoms with Gasteiger partial charge in [0.25, 0.3) is 5.91 Å². The summed E-state index contributed by atoms with van der Waals surface area (Å²) in [4.78, 5) is 12.2. The van der Waals surface area contributed by atoms with Crippen molar-refractivity contribution in [3.8, 4) is 11.5 Å². The number of nitrogens with one attached hydrogen (secondary N) is 1. The first-order valence-electron chi connectivity index (χ1n) is 7.35. The zero-order valence-corrected chi connectivity index (χ0v) is 12.6. The van der Waals surface area contributed by atoms with E-state index in [9.17, 15) is 4.79 Å². The Bertz CT molecular complexity index is 877. The van der Waals surface area contributed by atoms with Gasteiger partial charge in [-0.2, -0.15) is 0 Å². The molecule has 0 saturated carbocycles.